The highest BCUT2D eigenvalue weighted by atomic mass is 19.3. The summed E-state index contributed by atoms with van der Waals surface area (Å²) in [5, 5.41) is 0. The molecular formula is C20H24F2O2. The summed E-state index contributed by atoms with van der Waals surface area (Å²) in [4.78, 5) is 12.3. The van der Waals surface area contributed by atoms with Crippen molar-refractivity contribution >= 4 is 5.78 Å². The molecule has 0 N–H and O–H groups in total. The van der Waals surface area contributed by atoms with Crippen molar-refractivity contribution in [2.24, 2.45) is 17.3 Å². The van der Waals surface area contributed by atoms with Crippen molar-refractivity contribution in [2.45, 2.75) is 57.8 Å². The predicted octanol–water partition coefficient (Wildman–Crippen LogP) is 4.76. The van der Waals surface area contributed by atoms with Crippen LogP contribution in [0.3, 0.4) is 0 Å². The van der Waals surface area contributed by atoms with Gasteiger partial charge in [0.2, 0.25) is 5.78 Å². The first-order chi connectivity index (χ1) is 11.4. The number of carbonyl (C=O) groups excluding carboxylic acids is 1. The van der Waals surface area contributed by atoms with E-state index >= 15 is 0 Å². The van der Waals surface area contributed by atoms with Crippen LogP contribution in [0.5, 0.6) is 5.75 Å². The van der Waals surface area contributed by atoms with Gasteiger partial charge in [0.1, 0.15) is 5.75 Å². The number of carbonyl (C=O) groups is 1. The number of hydrogen-bond donors (Lipinski definition) is 0. The van der Waals surface area contributed by atoms with Gasteiger partial charge in [-0.1, -0.05) is 13.0 Å². The van der Waals surface area contributed by atoms with Gasteiger partial charge in [0, 0.05) is 11.8 Å². The highest BCUT2D eigenvalue weighted by Crippen LogP contribution is 2.62. The summed E-state index contributed by atoms with van der Waals surface area (Å²) in [5.74, 6) is -2.73. The first-order valence-electron chi connectivity index (χ1n) is 9.05. The Hall–Kier alpha value is -1.45. The van der Waals surface area contributed by atoms with Crippen LogP contribution in [-0.4, -0.2) is 18.3 Å². The molecule has 0 amide bonds. The lowest BCUT2D eigenvalue weighted by Crippen LogP contribution is -2.43. The van der Waals surface area contributed by atoms with E-state index in [0.717, 1.165) is 25.0 Å². The molecule has 0 heterocycles. The SMILES string of the molecule is CCOc1ccc2c(c1)CC[C@@H]1[C@@H]2CC[C@]2(C)C(=O)C(F)(F)C[C@@H]12. The molecule has 3 aliphatic rings. The van der Waals surface area contributed by atoms with Gasteiger partial charge in [0.05, 0.1) is 6.61 Å². The van der Waals surface area contributed by atoms with Crippen LogP contribution in [0.15, 0.2) is 18.2 Å². The minimum atomic E-state index is -3.13. The second-order valence-corrected chi connectivity index (χ2v) is 7.90. The molecule has 0 aliphatic heterocycles. The van der Waals surface area contributed by atoms with Crippen molar-refractivity contribution in [2.75, 3.05) is 6.61 Å². The van der Waals surface area contributed by atoms with Crippen molar-refractivity contribution in [3.8, 4) is 5.75 Å². The number of fused-ring (bicyclic) bond motifs is 5. The second kappa shape index (κ2) is 5.27. The first-order valence-corrected chi connectivity index (χ1v) is 9.05. The molecule has 2 nitrogen and oxygen atoms in total. The summed E-state index contributed by atoms with van der Waals surface area (Å²) in [6.45, 7) is 4.39. The molecule has 0 saturated heterocycles. The number of ether oxygens (including phenoxy) is 1. The van der Waals surface area contributed by atoms with Gasteiger partial charge in [0.15, 0.2) is 0 Å². The first kappa shape index (κ1) is 16.0. The van der Waals surface area contributed by atoms with Gasteiger partial charge >= 0.3 is 5.92 Å². The van der Waals surface area contributed by atoms with E-state index in [0.29, 0.717) is 18.9 Å². The van der Waals surface area contributed by atoms with Crippen LogP contribution in [0.2, 0.25) is 0 Å². The molecule has 2 saturated carbocycles. The molecule has 1 aromatic rings. The third-order valence-corrected chi connectivity index (χ3v) is 6.73. The number of rotatable bonds is 2. The van der Waals surface area contributed by atoms with Crippen LogP contribution in [0.1, 0.15) is 56.6 Å². The molecule has 130 valence electrons. The van der Waals surface area contributed by atoms with E-state index in [9.17, 15) is 13.6 Å². The van der Waals surface area contributed by atoms with Gasteiger partial charge in [-0.3, -0.25) is 4.79 Å². The molecule has 0 radical (unpaired) electrons. The molecule has 4 heteroatoms. The lowest BCUT2D eigenvalue weighted by Gasteiger charge is -2.47. The zero-order chi connectivity index (χ0) is 17.1. The van der Waals surface area contributed by atoms with E-state index in [1.807, 2.05) is 13.0 Å². The average Bonchev–Trinajstić information content (AvgIpc) is 2.74. The lowest BCUT2D eigenvalue weighted by atomic mass is 9.55. The fourth-order valence-electron chi connectivity index (χ4n) is 5.58. The number of hydrogen-bond acceptors (Lipinski definition) is 2. The molecule has 0 unspecified atom stereocenters. The van der Waals surface area contributed by atoms with E-state index in [1.54, 1.807) is 6.92 Å². The smallest absolute Gasteiger partial charge is 0.306 e. The maximum Gasteiger partial charge on any atom is 0.306 e. The van der Waals surface area contributed by atoms with E-state index in [-0.39, 0.29) is 18.3 Å². The Morgan fingerprint density at radius 1 is 1.29 bits per heavy atom. The van der Waals surface area contributed by atoms with Gasteiger partial charge in [-0.2, -0.15) is 8.78 Å². The zero-order valence-electron chi connectivity index (χ0n) is 14.3. The Balaban J connectivity index is 1.67. The average molecular weight is 334 g/mol. The largest absolute Gasteiger partial charge is 0.494 e. The Kier molecular flexibility index (Phi) is 3.52. The third kappa shape index (κ3) is 2.14. The van der Waals surface area contributed by atoms with E-state index in [2.05, 4.69) is 12.1 Å². The summed E-state index contributed by atoms with van der Waals surface area (Å²) in [6.07, 6.45) is 2.96. The van der Waals surface area contributed by atoms with E-state index < -0.39 is 17.1 Å². The van der Waals surface area contributed by atoms with Crippen LogP contribution in [-0.2, 0) is 11.2 Å². The molecule has 2 fully saturated rings. The Bertz CT molecular complexity index is 684. The summed E-state index contributed by atoms with van der Waals surface area (Å²) < 4.78 is 33.8. The normalized spacial score (nSPS) is 36.7. The Labute approximate surface area is 141 Å². The Morgan fingerprint density at radius 2 is 2.08 bits per heavy atom. The van der Waals surface area contributed by atoms with Crippen molar-refractivity contribution in [3.05, 3.63) is 29.3 Å². The quantitative estimate of drug-likeness (QED) is 0.780. The molecule has 4 rings (SSSR count). The van der Waals surface area contributed by atoms with Gasteiger partial charge in [-0.25, -0.2) is 0 Å². The number of benzene rings is 1. The number of ketones is 1. The minimum absolute atomic E-state index is 0.182. The molecule has 1 aromatic carbocycles. The predicted molar refractivity (Wildman–Crippen MR) is 87.6 cm³/mol. The topological polar surface area (TPSA) is 26.3 Å². The van der Waals surface area contributed by atoms with Crippen LogP contribution in [0, 0.1) is 17.3 Å². The summed E-state index contributed by atoms with van der Waals surface area (Å²) in [7, 11) is 0. The lowest BCUT2D eigenvalue weighted by molar-refractivity contribution is -0.146. The standard InChI is InChI=1S/C20H24F2O2/c1-3-24-13-5-7-14-12(10-13)4-6-16-15(14)8-9-19(2)17(16)11-20(21,22)18(19)23/h5,7,10,15-17H,3-4,6,8-9,11H2,1-2H3/t15-,16-,17+,19+/m1/s1. The van der Waals surface area contributed by atoms with Crippen molar-refractivity contribution in [1.29, 1.82) is 0 Å². The fraction of sp³-hybridized carbons (Fsp3) is 0.650. The molecule has 0 bridgehead atoms. The molecule has 0 spiro atoms. The van der Waals surface area contributed by atoms with Crippen LogP contribution in [0.4, 0.5) is 8.78 Å². The molecule has 4 atom stereocenters. The fourth-order valence-corrected chi connectivity index (χ4v) is 5.58. The molecule has 3 aliphatic carbocycles. The maximum absolute atomic E-state index is 14.1. The van der Waals surface area contributed by atoms with Crippen molar-refractivity contribution < 1.29 is 18.3 Å². The summed E-state index contributed by atoms with van der Waals surface area (Å²) in [6, 6.07) is 6.22. The third-order valence-electron chi connectivity index (χ3n) is 6.73. The van der Waals surface area contributed by atoms with Gasteiger partial charge in [0.25, 0.3) is 0 Å². The van der Waals surface area contributed by atoms with Gasteiger partial charge in [-0.05, 0) is 73.6 Å². The van der Waals surface area contributed by atoms with E-state index in [1.165, 1.54) is 11.1 Å². The van der Waals surface area contributed by atoms with Crippen LogP contribution < -0.4 is 4.74 Å². The van der Waals surface area contributed by atoms with Gasteiger partial charge < -0.3 is 4.74 Å². The number of alkyl halides is 2. The molecular weight excluding hydrogens is 310 g/mol. The maximum atomic E-state index is 14.1. The monoisotopic (exact) mass is 334 g/mol. The summed E-state index contributed by atoms with van der Waals surface area (Å²) >= 11 is 0. The molecule has 0 aromatic heterocycles. The zero-order valence-corrected chi connectivity index (χ0v) is 14.3. The van der Waals surface area contributed by atoms with Crippen molar-refractivity contribution in [1.82, 2.24) is 0 Å². The van der Waals surface area contributed by atoms with Crippen LogP contribution >= 0.6 is 0 Å². The minimum Gasteiger partial charge on any atom is -0.494 e. The van der Waals surface area contributed by atoms with Crippen LogP contribution in [0.25, 0.3) is 0 Å². The number of halogens is 2. The summed E-state index contributed by atoms with van der Waals surface area (Å²) in [5.41, 5.74) is 1.76. The molecule has 24 heavy (non-hydrogen) atoms. The second-order valence-electron chi connectivity index (χ2n) is 7.90. The number of Topliss-reactive ketones (excluding diaryl/α,β-unsaturated/α-hetero) is 1. The van der Waals surface area contributed by atoms with E-state index in [4.69, 9.17) is 4.74 Å². The highest BCUT2D eigenvalue weighted by Gasteiger charge is 2.65. The highest BCUT2D eigenvalue weighted by molar-refractivity contribution is 5.93. The Morgan fingerprint density at radius 3 is 2.83 bits per heavy atom. The van der Waals surface area contributed by atoms with Crippen molar-refractivity contribution in [3.63, 3.8) is 0 Å². The number of aryl methyl sites for hydroxylation is 1. The van der Waals surface area contributed by atoms with Gasteiger partial charge in [-0.15, -0.1) is 0 Å².